The molecule has 0 saturated heterocycles. The summed E-state index contributed by atoms with van der Waals surface area (Å²) >= 11 is 0. The van der Waals surface area contributed by atoms with E-state index < -0.39 is 24.0 Å². The molecular formula is C16H20N2O3. The molecule has 1 amide bonds. The molecule has 1 atom stereocenters. The fourth-order valence-corrected chi connectivity index (χ4v) is 1.64. The van der Waals surface area contributed by atoms with Crippen molar-refractivity contribution in [3.63, 3.8) is 0 Å². The summed E-state index contributed by atoms with van der Waals surface area (Å²) in [6.45, 7) is 6.70. The van der Waals surface area contributed by atoms with Crippen LogP contribution >= 0.6 is 0 Å². The highest BCUT2D eigenvalue weighted by atomic mass is 16.5. The zero-order valence-corrected chi connectivity index (χ0v) is 12.8. The van der Waals surface area contributed by atoms with Gasteiger partial charge in [0.25, 0.3) is 5.91 Å². The van der Waals surface area contributed by atoms with Crippen molar-refractivity contribution in [2.45, 2.75) is 33.2 Å². The number of rotatable bonds is 5. The fraction of sp³-hybridized carbons (Fsp3) is 0.438. The molecule has 21 heavy (non-hydrogen) atoms. The van der Waals surface area contributed by atoms with Gasteiger partial charge in [0.2, 0.25) is 0 Å². The molecular weight excluding hydrogens is 268 g/mol. The number of amides is 1. The Morgan fingerprint density at radius 1 is 1.38 bits per heavy atom. The molecule has 0 radical (unpaired) electrons. The summed E-state index contributed by atoms with van der Waals surface area (Å²) in [5.74, 6) is -1.10. The lowest BCUT2D eigenvalue weighted by Crippen LogP contribution is -2.50. The van der Waals surface area contributed by atoms with Gasteiger partial charge >= 0.3 is 5.97 Å². The highest BCUT2D eigenvalue weighted by Crippen LogP contribution is 2.15. The van der Waals surface area contributed by atoms with Crippen LogP contribution in [0.3, 0.4) is 0 Å². The largest absolute Gasteiger partial charge is 0.452 e. The number of nitriles is 1. The van der Waals surface area contributed by atoms with Gasteiger partial charge in [0.15, 0.2) is 6.61 Å². The number of benzene rings is 1. The summed E-state index contributed by atoms with van der Waals surface area (Å²) in [4.78, 5) is 23.7. The van der Waals surface area contributed by atoms with E-state index in [9.17, 15) is 9.59 Å². The minimum atomic E-state index is -0.980. The van der Waals surface area contributed by atoms with Gasteiger partial charge in [0, 0.05) is 0 Å². The number of aryl methyl sites for hydroxylation is 1. The predicted molar refractivity (Wildman–Crippen MR) is 78.5 cm³/mol. The van der Waals surface area contributed by atoms with Gasteiger partial charge in [-0.25, -0.2) is 4.79 Å². The molecule has 1 N–H and O–H groups in total. The lowest BCUT2D eigenvalue weighted by Gasteiger charge is -2.27. The van der Waals surface area contributed by atoms with E-state index in [1.54, 1.807) is 32.0 Å². The monoisotopic (exact) mass is 288 g/mol. The fourth-order valence-electron chi connectivity index (χ4n) is 1.64. The summed E-state index contributed by atoms with van der Waals surface area (Å²) in [7, 11) is 0. The maximum absolute atomic E-state index is 11.9. The van der Waals surface area contributed by atoms with Crippen LogP contribution < -0.4 is 5.32 Å². The Balaban J connectivity index is 2.60. The van der Waals surface area contributed by atoms with Crippen LogP contribution in [-0.2, 0) is 9.53 Å². The Morgan fingerprint density at radius 3 is 2.52 bits per heavy atom. The molecule has 0 aromatic heterocycles. The first-order valence-corrected chi connectivity index (χ1v) is 6.75. The van der Waals surface area contributed by atoms with Crippen molar-refractivity contribution >= 4 is 11.9 Å². The van der Waals surface area contributed by atoms with Gasteiger partial charge in [-0.3, -0.25) is 4.79 Å². The highest BCUT2D eigenvalue weighted by molar-refractivity contribution is 5.92. The molecule has 0 unspecified atom stereocenters. The van der Waals surface area contributed by atoms with Crippen LogP contribution in [-0.4, -0.2) is 24.0 Å². The second kappa shape index (κ2) is 6.89. The van der Waals surface area contributed by atoms with E-state index in [1.807, 2.05) is 19.9 Å². The number of carbonyl (C=O) groups excluding carboxylic acids is 2. The zero-order valence-electron chi connectivity index (χ0n) is 12.8. The number of hydrogen-bond acceptors (Lipinski definition) is 4. The van der Waals surface area contributed by atoms with Crippen molar-refractivity contribution in [1.29, 1.82) is 5.26 Å². The molecule has 1 aromatic rings. The van der Waals surface area contributed by atoms with Gasteiger partial charge in [0.1, 0.15) is 5.54 Å². The Bertz CT molecular complexity index is 575. The Labute approximate surface area is 124 Å². The van der Waals surface area contributed by atoms with Crippen LogP contribution in [0.25, 0.3) is 0 Å². The van der Waals surface area contributed by atoms with Gasteiger partial charge in [-0.15, -0.1) is 0 Å². The molecule has 1 aromatic carbocycles. The van der Waals surface area contributed by atoms with Gasteiger partial charge < -0.3 is 10.1 Å². The number of nitrogens with one attached hydrogen (secondary N) is 1. The Morgan fingerprint density at radius 2 is 2.00 bits per heavy atom. The summed E-state index contributed by atoms with van der Waals surface area (Å²) in [5, 5.41) is 11.7. The summed E-state index contributed by atoms with van der Waals surface area (Å²) in [6.07, 6.45) is 0. The van der Waals surface area contributed by atoms with Crippen LogP contribution in [0, 0.1) is 24.2 Å². The third-order valence-electron chi connectivity index (χ3n) is 3.49. The quantitative estimate of drug-likeness (QED) is 0.842. The molecule has 0 saturated carbocycles. The third kappa shape index (κ3) is 4.32. The molecule has 0 spiro atoms. The third-order valence-corrected chi connectivity index (χ3v) is 3.49. The van der Waals surface area contributed by atoms with Gasteiger partial charge in [-0.05, 0) is 31.4 Å². The molecule has 0 fully saturated rings. The van der Waals surface area contributed by atoms with E-state index in [0.717, 1.165) is 5.56 Å². The maximum Gasteiger partial charge on any atom is 0.338 e. The minimum absolute atomic E-state index is 0.0569. The number of hydrogen-bond donors (Lipinski definition) is 1. The van der Waals surface area contributed by atoms with E-state index in [2.05, 4.69) is 11.4 Å². The Hall–Kier alpha value is -2.35. The SMILES string of the molecule is Cc1ccccc1C(=O)OCC(=O)N[C@@](C)(C#N)C(C)C. The van der Waals surface area contributed by atoms with Crippen molar-refractivity contribution in [3.8, 4) is 6.07 Å². The average Bonchev–Trinajstić information content (AvgIpc) is 2.44. The molecule has 0 aliphatic carbocycles. The zero-order chi connectivity index (χ0) is 16.0. The van der Waals surface area contributed by atoms with Crippen LogP contribution in [0.1, 0.15) is 36.7 Å². The van der Waals surface area contributed by atoms with Crippen molar-refractivity contribution in [1.82, 2.24) is 5.32 Å². The molecule has 1 rings (SSSR count). The standard InChI is InChI=1S/C16H20N2O3/c1-11(2)16(4,10-17)18-14(19)9-21-15(20)13-8-6-5-7-12(13)3/h5-8,11H,9H2,1-4H3,(H,18,19)/t16-/m0/s1. The second-order valence-electron chi connectivity index (χ2n) is 5.41. The smallest absolute Gasteiger partial charge is 0.338 e. The predicted octanol–water partition coefficient (Wildman–Crippen LogP) is 2.21. The lowest BCUT2D eigenvalue weighted by atomic mass is 9.90. The minimum Gasteiger partial charge on any atom is -0.452 e. The lowest BCUT2D eigenvalue weighted by molar-refractivity contribution is -0.125. The normalized spacial score (nSPS) is 13.1. The summed E-state index contributed by atoms with van der Waals surface area (Å²) < 4.78 is 4.98. The van der Waals surface area contributed by atoms with E-state index in [1.165, 1.54) is 0 Å². The van der Waals surface area contributed by atoms with Crippen molar-refractivity contribution in [2.75, 3.05) is 6.61 Å². The average molecular weight is 288 g/mol. The summed E-state index contributed by atoms with van der Waals surface area (Å²) in [6, 6.07) is 9.05. The number of nitrogens with zero attached hydrogens (tertiary/aromatic N) is 1. The van der Waals surface area contributed by atoms with Crippen molar-refractivity contribution < 1.29 is 14.3 Å². The van der Waals surface area contributed by atoms with Crippen LogP contribution in [0.15, 0.2) is 24.3 Å². The number of ether oxygens (including phenoxy) is 1. The van der Waals surface area contributed by atoms with E-state index in [0.29, 0.717) is 5.56 Å². The molecule has 0 aliphatic rings. The van der Waals surface area contributed by atoms with E-state index in [-0.39, 0.29) is 5.92 Å². The molecule has 0 heterocycles. The Kier molecular flexibility index (Phi) is 5.48. The number of esters is 1. The second-order valence-corrected chi connectivity index (χ2v) is 5.41. The van der Waals surface area contributed by atoms with Gasteiger partial charge in [-0.1, -0.05) is 32.0 Å². The van der Waals surface area contributed by atoms with Crippen molar-refractivity contribution in [2.24, 2.45) is 5.92 Å². The van der Waals surface area contributed by atoms with Crippen LogP contribution in [0.2, 0.25) is 0 Å². The van der Waals surface area contributed by atoms with Crippen LogP contribution in [0.4, 0.5) is 0 Å². The van der Waals surface area contributed by atoms with Gasteiger partial charge in [0.05, 0.1) is 11.6 Å². The first-order valence-electron chi connectivity index (χ1n) is 6.75. The van der Waals surface area contributed by atoms with Crippen LogP contribution in [0.5, 0.6) is 0 Å². The number of carbonyl (C=O) groups is 2. The van der Waals surface area contributed by atoms with Crippen molar-refractivity contribution in [3.05, 3.63) is 35.4 Å². The topological polar surface area (TPSA) is 79.2 Å². The maximum atomic E-state index is 11.9. The first kappa shape index (κ1) is 16.7. The van der Waals surface area contributed by atoms with E-state index in [4.69, 9.17) is 10.00 Å². The van der Waals surface area contributed by atoms with Gasteiger partial charge in [-0.2, -0.15) is 5.26 Å². The molecule has 0 bridgehead atoms. The highest BCUT2D eigenvalue weighted by Gasteiger charge is 2.30. The van der Waals surface area contributed by atoms with E-state index >= 15 is 0 Å². The summed E-state index contributed by atoms with van der Waals surface area (Å²) in [5.41, 5.74) is 0.232. The molecule has 5 nitrogen and oxygen atoms in total. The molecule has 5 heteroatoms. The molecule has 112 valence electrons. The molecule has 0 aliphatic heterocycles. The first-order chi connectivity index (χ1) is 9.80.